The number of piperidine rings is 2. The highest BCUT2D eigenvalue weighted by Gasteiger charge is 2.37. The first-order valence-corrected chi connectivity index (χ1v) is 11.0. The fraction of sp³-hybridized carbons (Fsp3) is 0.478. The summed E-state index contributed by atoms with van der Waals surface area (Å²) < 4.78 is 54.2. The minimum absolute atomic E-state index is 0.125. The molecule has 5 nitrogen and oxygen atoms in total. The molecule has 1 aromatic carbocycles. The summed E-state index contributed by atoms with van der Waals surface area (Å²) in [6.45, 7) is 2.19. The SMILES string of the molecule is O=C(Nc1cc(F)ccc1N1CCCCC1)C1CCCN(c2ncccc2C(F)(F)F)C1. The molecular formula is C23H26F4N4O. The van der Waals surface area contributed by atoms with Crippen molar-refractivity contribution in [3.05, 3.63) is 47.9 Å². The average Bonchev–Trinajstić information content (AvgIpc) is 2.79. The summed E-state index contributed by atoms with van der Waals surface area (Å²) in [6.07, 6.45) is 1.13. The van der Waals surface area contributed by atoms with Crippen molar-refractivity contribution in [3.8, 4) is 0 Å². The van der Waals surface area contributed by atoms with Crippen LogP contribution in [0.4, 0.5) is 34.8 Å². The number of nitrogens with zero attached hydrogens (tertiary/aromatic N) is 3. The molecule has 0 bridgehead atoms. The zero-order chi connectivity index (χ0) is 22.7. The molecule has 0 saturated carbocycles. The second-order valence-corrected chi connectivity index (χ2v) is 8.36. The fourth-order valence-corrected chi connectivity index (χ4v) is 4.51. The Kier molecular flexibility index (Phi) is 6.53. The monoisotopic (exact) mass is 450 g/mol. The van der Waals surface area contributed by atoms with Crippen LogP contribution in [-0.2, 0) is 11.0 Å². The zero-order valence-corrected chi connectivity index (χ0v) is 17.7. The molecule has 2 aromatic rings. The molecule has 0 spiro atoms. The summed E-state index contributed by atoms with van der Waals surface area (Å²) in [4.78, 5) is 20.7. The lowest BCUT2D eigenvalue weighted by atomic mass is 9.96. The summed E-state index contributed by atoms with van der Waals surface area (Å²) in [5.41, 5.74) is 0.373. The maximum Gasteiger partial charge on any atom is 0.419 e. The highest BCUT2D eigenvalue weighted by molar-refractivity contribution is 5.96. The van der Waals surface area contributed by atoms with Gasteiger partial charge >= 0.3 is 6.18 Å². The third kappa shape index (κ3) is 4.97. The quantitative estimate of drug-likeness (QED) is 0.660. The van der Waals surface area contributed by atoms with Crippen molar-refractivity contribution in [3.63, 3.8) is 0 Å². The van der Waals surface area contributed by atoms with E-state index in [9.17, 15) is 22.4 Å². The van der Waals surface area contributed by atoms with Crippen molar-refractivity contribution in [2.45, 2.75) is 38.3 Å². The van der Waals surface area contributed by atoms with Crippen molar-refractivity contribution in [2.75, 3.05) is 41.3 Å². The summed E-state index contributed by atoms with van der Waals surface area (Å²) in [6, 6.07) is 6.62. The van der Waals surface area contributed by atoms with E-state index in [1.165, 1.54) is 29.3 Å². The van der Waals surface area contributed by atoms with Gasteiger partial charge in [0.2, 0.25) is 5.91 Å². The van der Waals surface area contributed by atoms with Gasteiger partial charge in [-0.3, -0.25) is 4.79 Å². The molecule has 3 heterocycles. The average molecular weight is 450 g/mol. The van der Waals surface area contributed by atoms with Crippen molar-refractivity contribution in [1.29, 1.82) is 0 Å². The van der Waals surface area contributed by atoms with Gasteiger partial charge in [0.15, 0.2) is 0 Å². The number of hydrogen-bond donors (Lipinski definition) is 1. The van der Waals surface area contributed by atoms with Crippen molar-refractivity contribution in [2.24, 2.45) is 5.92 Å². The van der Waals surface area contributed by atoms with Gasteiger partial charge in [0.25, 0.3) is 0 Å². The molecule has 2 fully saturated rings. The number of aromatic nitrogens is 1. The molecule has 1 aromatic heterocycles. The highest BCUT2D eigenvalue weighted by atomic mass is 19.4. The Bertz CT molecular complexity index is 959. The first kappa shape index (κ1) is 22.4. The number of carbonyl (C=O) groups is 1. The molecule has 2 saturated heterocycles. The lowest BCUT2D eigenvalue weighted by molar-refractivity contribution is -0.137. The van der Waals surface area contributed by atoms with Gasteiger partial charge in [0, 0.05) is 32.4 Å². The molecule has 4 rings (SSSR count). The van der Waals surface area contributed by atoms with Crippen LogP contribution in [-0.4, -0.2) is 37.1 Å². The van der Waals surface area contributed by atoms with Crippen LogP contribution in [0.2, 0.25) is 0 Å². The number of benzene rings is 1. The molecule has 1 atom stereocenters. The molecule has 172 valence electrons. The first-order chi connectivity index (χ1) is 15.3. The van der Waals surface area contributed by atoms with Gasteiger partial charge in [0.1, 0.15) is 11.6 Å². The highest BCUT2D eigenvalue weighted by Crippen LogP contribution is 2.37. The number of alkyl halides is 3. The van der Waals surface area contributed by atoms with E-state index in [0.29, 0.717) is 25.1 Å². The van der Waals surface area contributed by atoms with Crippen molar-refractivity contribution < 1.29 is 22.4 Å². The number of nitrogens with one attached hydrogen (secondary N) is 1. The van der Waals surface area contributed by atoms with E-state index in [4.69, 9.17) is 0 Å². The standard InChI is InChI=1S/C23H26F4N4O/c24-17-8-9-20(30-11-2-1-3-12-30)19(14-17)29-22(32)16-6-5-13-31(15-16)21-18(23(25,26)27)7-4-10-28-21/h4,7-10,14,16H,1-3,5-6,11-13,15H2,(H,29,32). The van der Waals surface area contributed by atoms with Crippen molar-refractivity contribution in [1.82, 2.24) is 4.98 Å². The summed E-state index contributed by atoms with van der Waals surface area (Å²) in [7, 11) is 0. The molecule has 9 heteroatoms. The van der Waals surface area contributed by atoms with Crippen LogP contribution in [0.1, 0.15) is 37.7 Å². The Hall–Kier alpha value is -2.84. The predicted molar refractivity (Wildman–Crippen MR) is 115 cm³/mol. The van der Waals surface area contributed by atoms with E-state index in [0.717, 1.165) is 44.1 Å². The van der Waals surface area contributed by atoms with Gasteiger partial charge in [-0.1, -0.05) is 0 Å². The maximum absolute atomic E-state index is 14.0. The van der Waals surface area contributed by atoms with E-state index in [1.54, 1.807) is 6.07 Å². The third-order valence-electron chi connectivity index (χ3n) is 6.10. The molecule has 1 amide bonds. The van der Waals surface area contributed by atoms with Crippen LogP contribution in [0.3, 0.4) is 0 Å². The Balaban J connectivity index is 1.51. The van der Waals surface area contributed by atoms with Crippen LogP contribution in [0, 0.1) is 11.7 Å². The topological polar surface area (TPSA) is 48.5 Å². The summed E-state index contributed by atoms with van der Waals surface area (Å²) in [5.74, 6) is -1.45. The number of pyridine rings is 1. The summed E-state index contributed by atoms with van der Waals surface area (Å²) in [5, 5.41) is 2.85. The summed E-state index contributed by atoms with van der Waals surface area (Å²) >= 11 is 0. The van der Waals surface area contributed by atoms with Crippen LogP contribution >= 0.6 is 0 Å². The molecule has 1 unspecified atom stereocenters. The molecule has 0 aliphatic carbocycles. The van der Waals surface area contributed by atoms with Crippen LogP contribution in [0.5, 0.6) is 0 Å². The fourth-order valence-electron chi connectivity index (χ4n) is 4.51. The minimum atomic E-state index is -4.52. The minimum Gasteiger partial charge on any atom is -0.370 e. The molecule has 2 aliphatic rings. The number of rotatable bonds is 4. The van der Waals surface area contributed by atoms with Gasteiger partial charge in [-0.2, -0.15) is 13.2 Å². The van der Waals surface area contributed by atoms with Gasteiger partial charge in [0.05, 0.1) is 22.9 Å². The number of anilines is 3. The molecule has 2 aliphatic heterocycles. The predicted octanol–water partition coefficient (Wildman–Crippen LogP) is 5.08. The van der Waals surface area contributed by atoms with Crippen molar-refractivity contribution >= 4 is 23.1 Å². The lowest BCUT2D eigenvalue weighted by Gasteiger charge is -2.34. The van der Waals surface area contributed by atoms with E-state index >= 15 is 0 Å². The van der Waals surface area contributed by atoms with Crippen LogP contribution in [0.15, 0.2) is 36.5 Å². The molecular weight excluding hydrogens is 424 g/mol. The van der Waals surface area contributed by atoms with Gasteiger partial charge < -0.3 is 15.1 Å². The van der Waals surface area contributed by atoms with Gasteiger partial charge in [-0.05, 0) is 62.4 Å². The van der Waals surface area contributed by atoms with Gasteiger partial charge in [-0.15, -0.1) is 0 Å². The largest absolute Gasteiger partial charge is 0.419 e. The second-order valence-electron chi connectivity index (χ2n) is 8.36. The first-order valence-electron chi connectivity index (χ1n) is 11.0. The number of halogens is 4. The normalized spacial score (nSPS) is 19.7. The number of hydrogen-bond acceptors (Lipinski definition) is 4. The van der Waals surface area contributed by atoms with E-state index in [1.807, 2.05) is 0 Å². The number of carbonyl (C=O) groups excluding carboxylic acids is 1. The lowest BCUT2D eigenvalue weighted by Crippen LogP contribution is -2.42. The Morgan fingerprint density at radius 3 is 2.53 bits per heavy atom. The second kappa shape index (κ2) is 9.34. The maximum atomic E-state index is 14.0. The molecule has 1 N–H and O–H groups in total. The molecule has 0 radical (unpaired) electrons. The Labute approximate surface area is 184 Å². The Morgan fingerprint density at radius 1 is 1.03 bits per heavy atom. The van der Waals surface area contributed by atoms with Crippen LogP contribution < -0.4 is 15.1 Å². The molecule has 32 heavy (non-hydrogen) atoms. The third-order valence-corrected chi connectivity index (χ3v) is 6.10. The zero-order valence-electron chi connectivity index (χ0n) is 17.7. The van der Waals surface area contributed by atoms with E-state index in [2.05, 4.69) is 15.2 Å². The van der Waals surface area contributed by atoms with Gasteiger partial charge in [-0.25, -0.2) is 9.37 Å². The van der Waals surface area contributed by atoms with E-state index in [-0.39, 0.29) is 18.3 Å². The Morgan fingerprint density at radius 2 is 1.78 bits per heavy atom. The van der Waals surface area contributed by atoms with Crippen LogP contribution in [0.25, 0.3) is 0 Å². The van der Waals surface area contributed by atoms with E-state index < -0.39 is 23.5 Å². The number of amides is 1. The smallest absolute Gasteiger partial charge is 0.370 e.